The Morgan fingerprint density at radius 2 is 2.40 bits per heavy atom. The maximum absolute atomic E-state index is 11.2. The van der Waals surface area contributed by atoms with Crippen LogP contribution in [0.1, 0.15) is 19.7 Å². The predicted molar refractivity (Wildman–Crippen MR) is 54.8 cm³/mol. The minimum Gasteiger partial charge on any atom is -0.479 e. The Kier molecular flexibility index (Phi) is 3.47. The van der Waals surface area contributed by atoms with Crippen molar-refractivity contribution in [3.63, 3.8) is 0 Å². The molecule has 0 aliphatic carbocycles. The molecule has 1 atom stereocenters. The summed E-state index contributed by atoms with van der Waals surface area (Å²) in [5.74, 6) is -0.172. The standard InChI is InChI=1S/C10H16N2O3/c1-4-8-11-5-6-12(8)10(2,7-15-3)9(13)14/h5-6H,4,7H2,1-3H3,(H,13,14). The Labute approximate surface area is 88.7 Å². The molecule has 15 heavy (non-hydrogen) atoms. The van der Waals surface area contributed by atoms with Gasteiger partial charge in [0.15, 0.2) is 5.54 Å². The van der Waals surface area contributed by atoms with Gasteiger partial charge < -0.3 is 14.4 Å². The number of ether oxygens (including phenoxy) is 1. The smallest absolute Gasteiger partial charge is 0.332 e. The van der Waals surface area contributed by atoms with Gasteiger partial charge in [0.1, 0.15) is 5.82 Å². The van der Waals surface area contributed by atoms with Crippen LogP contribution < -0.4 is 0 Å². The Balaban J connectivity index is 3.14. The number of carbonyl (C=O) groups is 1. The second-order valence-electron chi connectivity index (χ2n) is 3.58. The van der Waals surface area contributed by atoms with E-state index in [0.29, 0.717) is 6.42 Å². The van der Waals surface area contributed by atoms with Gasteiger partial charge in [0.25, 0.3) is 0 Å². The van der Waals surface area contributed by atoms with E-state index in [4.69, 9.17) is 4.74 Å². The molecule has 0 aliphatic rings. The monoisotopic (exact) mass is 212 g/mol. The lowest BCUT2D eigenvalue weighted by atomic mass is 10.0. The van der Waals surface area contributed by atoms with E-state index in [2.05, 4.69) is 4.98 Å². The minimum atomic E-state index is -1.09. The quantitative estimate of drug-likeness (QED) is 0.787. The topological polar surface area (TPSA) is 64.4 Å². The third kappa shape index (κ3) is 2.02. The Morgan fingerprint density at radius 3 is 2.87 bits per heavy atom. The molecule has 0 bridgehead atoms. The van der Waals surface area contributed by atoms with Crippen molar-refractivity contribution in [1.82, 2.24) is 9.55 Å². The fourth-order valence-corrected chi connectivity index (χ4v) is 1.56. The van der Waals surface area contributed by atoms with Crippen molar-refractivity contribution in [3.05, 3.63) is 18.2 Å². The highest BCUT2D eigenvalue weighted by Crippen LogP contribution is 2.19. The van der Waals surface area contributed by atoms with E-state index >= 15 is 0 Å². The molecule has 1 heterocycles. The Hall–Kier alpha value is -1.36. The molecular weight excluding hydrogens is 196 g/mol. The first kappa shape index (κ1) is 11.7. The number of imidazole rings is 1. The van der Waals surface area contributed by atoms with E-state index in [9.17, 15) is 9.90 Å². The van der Waals surface area contributed by atoms with Crippen LogP contribution in [0.15, 0.2) is 12.4 Å². The molecule has 1 rings (SSSR count). The summed E-state index contributed by atoms with van der Waals surface area (Å²) in [6, 6.07) is 0. The van der Waals surface area contributed by atoms with Gasteiger partial charge in [-0.25, -0.2) is 9.78 Å². The normalized spacial score (nSPS) is 14.9. The van der Waals surface area contributed by atoms with Gasteiger partial charge in [0.05, 0.1) is 6.61 Å². The van der Waals surface area contributed by atoms with Crippen molar-refractivity contribution in [2.75, 3.05) is 13.7 Å². The zero-order valence-electron chi connectivity index (χ0n) is 9.23. The predicted octanol–water partition coefficient (Wildman–Crippen LogP) is 0.892. The van der Waals surface area contributed by atoms with E-state index < -0.39 is 11.5 Å². The molecule has 1 aromatic heterocycles. The van der Waals surface area contributed by atoms with Crippen LogP contribution in [0.2, 0.25) is 0 Å². The minimum absolute atomic E-state index is 0.117. The fraction of sp³-hybridized carbons (Fsp3) is 0.600. The summed E-state index contributed by atoms with van der Waals surface area (Å²) in [6.07, 6.45) is 3.97. The first-order valence-electron chi connectivity index (χ1n) is 4.81. The average molecular weight is 212 g/mol. The molecule has 0 spiro atoms. The highest BCUT2D eigenvalue weighted by atomic mass is 16.5. The van der Waals surface area contributed by atoms with Gasteiger partial charge in [-0.3, -0.25) is 0 Å². The van der Waals surface area contributed by atoms with Crippen LogP contribution in [-0.2, 0) is 21.5 Å². The number of rotatable bonds is 5. The molecule has 1 unspecified atom stereocenters. The van der Waals surface area contributed by atoms with E-state index in [0.717, 1.165) is 5.82 Å². The summed E-state index contributed by atoms with van der Waals surface area (Å²) < 4.78 is 6.61. The number of hydrogen-bond acceptors (Lipinski definition) is 3. The SMILES string of the molecule is CCc1nccn1C(C)(COC)C(=O)O. The van der Waals surface area contributed by atoms with Gasteiger partial charge >= 0.3 is 5.97 Å². The highest BCUT2D eigenvalue weighted by molar-refractivity contribution is 5.76. The number of carboxylic acids is 1. The number of aromatic nitrogens is 2. The summed E-state index contributed by atoms with van der Waals surface area (Å²) in [5, 5.41) is 9.23. The molecule has 5 heteroatoms. The molecule has 84 valence electrons. The first-order chi connectivity index (χ1) is 7.06. The van der Waals surface area contributed by atoms with Crippen molar-refractivity contribution in [2.45, 2.75) is 25.8 Å². The number of carboxylic acid groups (broad SMARTS) is 1. The second kappa shape index (κ2) is 4.44. The van der Waals surface area contributed by atoms with Crippen LogP contribution in [-0.4, -0.2) is 34.3 Å². The van der Waals surface area contributed by atoms with Crippen LogP contribution in [0, 0.1) is 0 Å². The van der Waals surface area contributed by atoms with Crippen molar-refractivity contribution in [1.29, 1.82) is 0 Å². The zero-order chi connectivity index (χ0) is 11.5. The van der Waals surface area contributed by atoms with E-state index in [1.165, 1.54) is 7.11 Å². The second-order valence-corrected chi connectivity index (χ2v) is 3.58. The highest BCUT2D eigenvalue weighted by Gasteiger charge is 2.36. The molecule has 0 radical (unpaired) electrons. The maximum Gasteiger partial charge on any atom is 0.332 e. The van der Waals surface area contributed by atoms with Gasteiger partial charge in [-0.1, -0.05) is 6.92 Å². The van der Waals surface area contributed by atoms with E-state index in [1.54, 1.807) is 23.9 Å². The lowest BCUT2D eigenvalue weighted by Crippen LogP contribution is -2.43. The Morgan fingerprint density at radius 1 is 1.73 bits per heavy atom. The summed E-state index contributed by atoms with van der Waals surface area (Å²) in [5.41, 5.74) is -1.09. The van der Waals surface area contributed by atoms with Gasteiger partial charge in [0, 0.05) is 25.9 Å². The van der Waals surface area contributed by atoms with Gasteiger partial charge in [0.2, 0.25) is 0 Å². The Bertz CT molecular complexity index is 348. The number of aryl methyl sites for hydroxylation is 1. The van der Waals surface area contributed by atoms with E-state index in [-0.39, 0.29) is 6.61 Å². The number of hydrogen-bond donors (Lipinski definition) is 1. The van der Waals surface area contributed by atoms with Crippen molar-refractivity contribution >= 4 is 5.97 Å². The molecule has 0 fully saturated rings. The molecule has 1 aromatic rings. The lowest BCUT2D eigenvalue weighted by Gasteiger charge is -2.27. The van der Waals surface area contributed by atoms with Crippen LogP contribution in [0.25, 0.3) is 0 Å². The first-order valence-corrected chi connectivity index (χ1v) is 4.81. The van der Waals surface area contributed by atoms with Crippen molar-refractivity contribution in [2.24, 2.45) is 0 Å². The summed E-state index contributed by atoms with van der Waals surface area (Å²) >= 11 is 0. The summed E-state index contributed by atoms with van der Waals surface area (Å²) in [4.78, 5) is 15.4. The fourth-order valence-electron chi connectivity index (χ4n) is 1.56. The molecule has 5 nitrogen and oxygen atoms in total. The average Bonchev–Trinajstić information content (AvgIpc) is 2.65. The van der Waals surface area contributed by atoms with Crippen LogP contribution in [0.5, 0.6) is 0 Å². The maximum atomic E-state index is 11.2. The van der Waals surface area contributed by atoms with Crippen LogP contribution in [0.3, 0.4) is 0 Å². The molecule has 0 aromatic carbocycles. The van der Waals surface area contributed by atoms with Gasteiger partial charge in [-0.05, 0) is 6.92 Å². The molecule has 0 aliphatic heterocycles. The zero-order valence-corrected chi connectivity index (χ0v) is 9.23. The van der Waals surface area contributed by atoms with Crippen LogP contribution in [0.4, 0.5) is 0 Å². The van der Waals surface area contributed by atoms with Crippen LogP contribution >= 0.6 is 0 Å². The van der Waals surface area contributed by atoms with Crippen molar-refractivity contribution in [3.8, 4) is 0 Å². The number of nitrogens with zero attached hydrogens (tertiary/aromatic N) is 2. The molecule has 0 saturated carbocycles. The van der Waals surface area contributed by atoms with Gasteiger partial charge in [-0.2, -0.15) is 0 Å². The summed E-state index contributed by atoms with van der Waals surface area (Å²) in [6.45, 7) is 3.68. The number of methoxy groups -OCH3 is 1. The van der Waals surface area contributed by atoms with Gasteiger partial charge in [-0.15, -0.1) is 0 Å². The molecule has 1 N–H and O–H groups in total. The lowest BCUT2D eigenvalue weighted by molar-refractivity contribution is -0.149. The molecule has 0 amide bonds. The largest absolute Gasteiger partial charge is 0.479 e. The molecule has 0 saturated heterocycles. The van der Waals surface area contributed by atoms with E-state index in [1.807, 2.05) is 6.92 Å². The third-order valence-electron chi connectivity index (χ3n) is 2.45. The molecular formula is C10H16N2O3. The van der Waals surface area contributed by atoms with Crippen molar-refractivity contribution < 1.29 is 14.6 Å². The summed E-state index contributed by atoms with van der Waals surface area (Å²) in [7, 11) is 1.49. The number of aliphatic carboxylic acids is 1. The third-order valence-corrected chi connectivity index (χ3v) is 2.45.